The quantitative estimate of drug-likeness (QED) is 0.578. The minimum absolute atomic E-state index is 0.0201. The molecule has 0 aliphatic rings. The molecule has 3 aromatic rings. The highest BCUT2D eigenvalue weighted by Gasteiger charge is 2.16. The van der Waals surface area contributed by atoms with Crippen molar-refractivity contribution in [1.29, 1.82) is 0 Å². The predicted octanol–water partition coefficient (Wildman–Crippen LogP) is 2.37. The maximum atomic E-state index is 13.8. The van der Waals surface area contributed by atoms with Crippen LogP contribution in [-0.4, -0.2) is 21.4 Å². The van der Waals surface area contributed by atoms with Gasteiger partial charge in [0, 0.05) is 12.4 Å². The Kier molecular flexibility index (Phi) is 4.57. The third-order valence-corrected chi connectivity index (χ3v) is 3.82. The first-order valence-electron chi connectivity index (χ1n) is 7.65. The summed E-state index contributed by atoms with van der Waals surface area (Å²) in [5.41, 5.74) is 1.50. The molecule has 26 heavy (non-hydrogen) atoms. The number of rotatable bonds is 3. The fourth-order valence-corrected chi connectivity index (χ4v) is 2.55. The van der Waals surface area contributed by atoms with Gasteiger partial charge in [-0.15, -0.1) is 0 Å². The number of fused-ring (bicyclic) bond motifs is 1. The second kappa shape index (κ2) is 6.83. The Balaban J connectivity index is 1.98. The van der Waals surface area contributed by atoms with Gasteiger partial charge in [-0.25, -0.2) is 18.9 Å². The van der Waals surface area contributed by atoms with Crippen molar-refractivity contribution in [3.8, 4) is 0 Å². The van der Waals surface area contributed by atoms with Crippen molar-refractivity contribution in [2.24, 2.45) is 12.1 Å². The van der Waals surface area contributed by atoms with Gasteiger partial charge in [0.15, 0.2) is 5.69 Å². The Morgan fingerprint density at radius 1 is 1.08 bits per heavy atom. The Hall–Kier alpha value is -3.42. The van der Waals surface area contributed by atoms with E-state index in [-0.39, 0.29) is 22.5 Å². The molecule has 0 radical (unpaired) electrons. The molecule has 3 rings (SSSR count). The molecule has 0 aliphatic heterocycles. The molecular weight excluding hydrogens is 342 g/mol. The summed E-state index contributed by atoms with van der Waals surface area (Å²) < 4.78 is 28.6. The molecule has 0 fully saturated rings. The van der Waals surface area contributed by atoms with Crippen molar-refractivity contribution in [2.45, 2.75) is 6.92 Å². The fourth-order valence-electron chi connectivity index (χ4n) is 2.55. The van der Waals surface area contributed by atoms with Crippen LogP contribution in [-0.2, 0) is 7.05 Å². The number of hydrogen-bond donors (Lipinski definition) is 1. The summed E-state index contributed by atoms with van der Waals surface area (Å²) in [6, 6.07) is 9.95. The van der Waals surface area contributed by atoms with Crippen LogP contribution in [0.4, 0.5) is 8.78 Å². The number of nitrogens with one attached hydrogen (secondary N) is 1. The second-order valence-electron chi connectivity index (χ2n) is 5.56. The molecule has 0 bridgehead atoms. The Morgan fingerprint density at radius 3 is 2.35 bits per heavy atom. The van der Waals surface area contributed by atoms with E-state index < -0.39 is 17.5 Å². The van der Waals surface area contributed by atoms with Gasteiger partial charge in [-0.2, -0.15) is 10.2 Å². The van der Waals surface area contributed by atoms with Crippen LogP contribution < -0.4 is 11.0 Å². The van der Waals surface area contributed by atoms with E-state index in [1.807, 2.05) is 0 Å². The molecule has 0 spiro atoms. The number of nitrogens with zero attached hydrogens (tertiary/aromatic N) is 3. The van der Waals surface area contributed by atoms with E-state index in [4.69, 9.17) is 0 Å². The molecular formula is C18H14F2N4O2. The molecule has 6 nitrogen and oxygen atoms in total. The molecule has 0 saturated heterocycles. The molecule has 1 aromatic heterocycles. The molecule has 0 aliphatic carbocycles. The van der Waals surface area contributed by atoms with Crippen LogP contribution >= 0.6 is 0 Å². The topological polar surface area (TPSA) is 76.3 Å². The van der Waals surface area contributed by atoms with Gasteiger partial charge in [0.25, 0.3) is 11.5 Å². The van der Waals surface area contributed by atoms with Gasteiger partial charge in [-0.1, -0.05) is 24.3 Å². The maximum absolute atomic E-state index is 13.8. The van der Waals surface area contributed by atoms with E-state index in [2.05, 4.69) is 15.6 Å². The summed E-state index contributed by atoms with van der Waals surface area (Å²) in [4.78, 5) is 24.5. The molecule has 8 heteroatoms. The smallest absolute Gasteiger partial charge is 0.267 e. The third kappa shape index (κ3) is 3.08. The molecule has 2 aromatic carbocycles. The van der Waals surface area contributed by atoms with Crippen molar-refractivity contribution in [3.63, 3.8) is 0 Å². The van der Waals surface area contributed by atoms with Gasteiger partial charge < -0.3 is 0 Å². The summed E-state index contributed by atoms with van der Waals surface area (Å²) in [5.74, 6) is -2.27. The lowest BCUT2D eigenvalue weighted by Crippen LogP contribution is -2.27. The zero-order valence-electron chi connectivity index (χ0n) is 14.0. The number of aromatic nitrogens is 2. The Labute approximate surface area is 146 Å². The van der Waals surface area contributed by atoms with Crippen molar-refractivity contribution in [3.05, 3.63) is 75.7 Å². The highest BCUT2D eigenvalue weighted by Crippen LogP contribution is 2.14. The van der Waals surface area contributed by atoms with Crippen LogP contribution in [0, 0.1) is 11.6 Å². The van der Waals surface area contributed by atoms with Gasteiger partial charge in [0.2, 0.25) is 0 Å². The second-order valence-corrected chi connectivity index (χ2v) is 5.56. The van der Waals surface area contributed by atoms with Gasteiger partial charge >= 0.3 is 0 Å². The zero-order chi connectivity index (χ0) is 18.8. The third-order valence-electron chi connectivity index (χ3n) is 3.82. The van der Waals surface area contributed by atoms with Crippen molar-refractivity contribution in [1.82, 2.24) is 15.2 Å². The number of hydrazone groups is 1. The fraction of sp³-hybridized carbons (Fsp3) is 0.111. The monoisotopic (exact) mass is 356 g/mol. The van der Waals surface area contributed by atoms with E-state index in [0.717, 1.165) is 16.8 Å². The first-order valence-corrected chi connectivity index (χ1v) is 7.65. The largest absolute Gasteiger partial charge is 0.292 e. The van der Waals surface area contributed by atoms with Crippen LogP contribution in [0.2, 0.25) is 0 Å². The van der Waals surface area contributed by atoms with E-state index in [1.165, 1.54) is 20.0 Å². The number of halogens is 2. The van der Waals surface area contributed by atoms with Crippen LogP contribution in [0.25, 0.3) is 10.8 Å². The molecule has 1 N–H and O–H groups in total. The number of benzene rings is 2. The number of carbonyl (C=O) groups is 1. The normalized spacial score (nSPS) is 11.6. The van der Waals surface area contributed by atoms with E-state index >= 15 is 0 Å². The molecule has 0 atom stereocenters. The maximum Gasteiger partial charge on any atom is 0.292 e. The minimum atomic E-state index is -0.786. The van der Waals surface area contributed by atoms with Crippen LogP contribution in [0.15, 0.2) is 52.4 Å². The van der Waals surface area contributed by atoms with Gasteiger partial charge in [-0.3, -0.25) is 9.59 Å². The zero-order valence-corrected chi connectivity index (χ0v) is 14.0. The summed E-state index contributed by atoms with van der Waals surface area (Å²) in [6.07, 6.45) is 0. The van der Waals surface area contributed by atoms with Crippen molar-refractivity contribution < 1.29 is 13.6 Å². The highest BCUT2D eigenvalue weighted by atomic mass is 19.1. The summed E-state index contributed by atoms with van der Waals surface area (Å²) >= 11 is 0. The van der Waals surface area contributed by atoms with E-state index in [0.29, 0.717) is 10.8 Å². The first kappa shape index (κ1) is 17.4. The average molecular weight is 356 g/mol. The SMILES string of the molecule is C/C(=N/NC(=O)c1nn(C)c(=O)c2ccccc12)c1c(F)cccc1F. The molecule has 132 valence electrons. The summed E-state index contributed by atoms with van der Waals surface area (Å²) in [5, 5.41) is 8.41. The van der Waals surface area contributed by atoms with E-state index in [9.17, 15) is 18.4 Å². The number of hydrogen-bond acceptors (Lipinski definition) is 4. The standard InChI is InChI=1S/C18H14F2N4O2/c1-10(15-13(19)8-5-9-14(15)20)21-22-17(25)16-11-6-3-4-7-12(11)18(26)24(2)23-16/h3-9H,1-2H3,(H,22,25)/b21-10-. The Bertz CT molecular complexity index is 1090. The first-order chi connectivity index (χ1) is 12.4. The Morgan fingerprint density at radius 2 is 1.69 bits per heavy atom. The lowest BCUT2D eigenvalue weighted by Gasteiger charge is -2.08. The van der Waals surface area contributed by atoms with Crippen LogP contribution in [0.3, 0.4) is 0 Å². The average Bonchev–Trinajstić information content (AvgIpc) is 2.62. The molecule has 1 heterocycles. The molecule has 0 unspecified atom stereocenters. The number of aryl methyl sites for hydroxylation is 1. The van der Waals surface area contributed by atoms with Gasteiger partial charge in [0.05, 0.1) is 16.7 Å². The summed E-state index contributed by atoms with van der Waals surface area (Å²) in [7, 11) is 1.43. The van der Waals surface area contributed by atoms with Crippen LogP contribution in [0.5, 0.6) is 0 Å². The van der Waals surface area contributed by atoms with Crippen molar-refractivity contribution >= 4 is 22.4 Å². The molecule has 1 amide bonds. The minimum Gasteiger partial charge on any atom is -0.267 e. The predicted molar refractivity (Wildman–Crippen MR) is 93.0 cm³/mol. The van der Waals surface area contributed by atoms with Gasteiger partial charge in [0.1, 0.15) is 11.6 Å². The molecule has 0 saturated carbocycles. The lowest BCUT2D eigenvalue weighted by molar-refractivity contribution is 0.0949. The summed E-state index contributed by atoms with van der Waals surface area (Å²) in [6.45, 7) is 1.37. The highest BCUT2D eigenvalue weighted by molar-refractivity contribution is 6.06. The van der Waals surface area contributed by atoms with Gasteiger partial charge in [-0.05, 0) is 25.1 Å². The van der Waals surface area contributed by atoms with E-state index in [1.54, 1.807) is 24.3 Å². The van der Waals surface area contributed by atoms with Crippen LogP contribution in [0.1, 0.15) is 23.0 Å². The number of carbonyl (C=O) groups excluding carboxylic acids is 1. The van der Waals surface area contributed by atoms with Crippen molar-refractivity contribution in [2.75, 3.05) is 0 Å². The number of amides is 1. The lowest BCUT2D eigenvalue weighted by atomic mass is 10.1.